The standard InChI is InChI=1S/C33H41N3O2Si/c1-5-6-9-26-20-28-27-10-7-8-11-29(27)34-31(28)32(36(26)30(37)16-19-39(2,3)4)24-12-14-25(15-13-24)35-18-17-33(21-35)22-38-23-33/h7-8,10-15,26,32,34H,5-6,9,17-18,20-23H2,1-4H3/t26-,32-/m0/s1. The molecule has 4 heterocycles. The zero-order valence-corrected chi connectivity index (χ0v) is 24.8. The van der Waals surface area contributed by atoms with Crippen LogP contribution in [-0.4, -0.2) is 56.2 Å². The van der Waals surface area contributed by atoms with Crippen LogP contribution in [0.25, 0.3) is 10.9 Å². The molecular formula is C33H41N3O2Si. The number of nitrogens with one attached hydrogen (secondary N) is 1. The minimum atomic E-state index is -1.69. The Balaban J connectivity index is 1.41. The number of benzene rings is 2. The van der Waals surface area contributed by atoms with Crippen LogP contribution in [0.3, 0.4) is 0 Å². The maximum Gasteiger partial charge on any atom is 0.298 e. The summed E-state index contributed by atoms with van der Waals surface area (Å²) < 4.78 is 5.54. The predicted octanol–water partition coefficient (Wildman–Crippen LogP) is 6.31. The molecule has 1 N–H and O–H groups in total. The number of amides is 1. The zero-order chi connectivity index (χ0) is 27.2. The fraction of sp³-hybridized carbons (Fsp3) is 0.485. The highest BCUT2D eigenvalue weighted by Crippen LogP contribution is 2.43. The number of fused-ring (bicyclic) bond motifs is 3. The van der Waals surface area contributed by atoms with Gasteiger partial charge in [-0.05, 0) is 54.5 Å². The van der Waals surface area contributed by atoms with E-state index in [1.165, 1.54) is 23.1 Å². The van der Waals surface area contributed by atoms with Crippen LogP contribution in [0.5, 0.6) is 0 Å². The molecule has 0 bridgehead atoms. The monoisotopic (exact) mass is 539 g/mol. The molecule has 1 aromatic heterocycles. The van der Waals surface area contributed by atoms with Crippen molar-refractivity contribution in [3.05, 3.63) is 65.4 Å². The van der Waals surface area contributed by atoms with Gasteiger partial charge < -0.3 is 19.5 Å². The molecule has 3 aliphatic rings. The lowest BCUT2D eigenvalue weighted by molar-refractivity contribution is -0.130. The van der Waals surface area contributed by atoms with Gasteiger partial charge in [0.05, 0.1) is 19.3 Å². The van der Waals surface area contributed by atoms with Crippen molar-refractivity contribution in [2.75, 3.05) is 31.2 Å². The molecule has 3 aromatic rings. The largest absolute Gasteiger partial charge is 0.380 e. The Morgan fingerprint density at radius 3 is 2.56 bits per heavy atom. The molecule has 2 aromatic carbocycles. The van der Waals surface area contributed by atoms with E-state index in [1.807, 2.05) is 0 Å². The molecule has 1 spiro atoms. The number of nitrogens with zero attached hydrogens (tertiary/aromatic N) is 2. The van der Waals surface area contributed by atoms with E-state index in [1.54, 1.807) is 0 Å². The number of anilines is 1. The van der Waals surface area contributed by atoms with E-state index >= 15 is 0 Å². The lowest BCUT2D eigenvalue weighted by atomic mass is 9.85. The minimum absolute atomic E-state index is 0.0385. The van der Waals surface area contributed by atoms with Gasteiger partial charge in [-0.15, -0.1) is 5.54 Å². The molecule has 3 aliphatic heterocycles. The first-order valence-corrected chi connectivity index (χ1v) is 18.1. The molecule has 0 saturated carbocycles. The van der Waals surface area contributed by atoms with Gasteiger partial charge in [-0.3, -0.25) is 4.79 Å². The molecule has 2 fully saturated rings. The summed E-state index contributed by atoms with van der Waals surface area (Å²) in [5, 5.41) is 1.28. The number of carbonyl (C=O) groups is 1. The Morgan fingerprint density at radius 2 is 1.90 bits per heavy atom. The van der Waals surface area contributed by atoms with Gasteiger partial charge in [0.2, 0.25) is 0 Å². The molecule has 1 amide bonds. The van der Waals surface area contributed by atoms with Crippen molar-refractivity contribution < 1.29 is 9.53 Å². The van der Waals surface area contributed by atoms with E-state index in [0.29, 0.717) is 5.41 Å². The van der Waals surface area contributed by atoms with Gasteiger partial charge in [0.15, 0.2) is 0 Å². The van der Waals surface area contributed by atoms with E-state index in [9.17, 15) is 4.79 Å². The van der Waals surface area contributed by atoms with Gasteiger partial charge >= 0.3 is 0 Å². The number of hydrogen-bond acceptors (Lipinski definition) is 3. The number of H-pyrrole nitrogens is 1. The Labute approximate surface area is 233 Å². The zero-order valence-electron chi connectivity index (χ0n) is 23.8. The summed E-state index contributed by atoms with van der Waals surface area (Å²) in [6.07, 6.45) is 5.27. The quantitative estimate of drug-likeness (QED) is 0.305. The third kappa shape index (κ3) is 5.03. The number of carbonyl (C=O) groups excluding carboxylic acids is 1. The van der Waals surface area contributed by atoms with Crippen molar-refractivity contribution >= 4 is 30.6 Å². The second-order valence-electron chi connectivity index (χ2n) is 12.9. The second kappa shape index (κ2) is 10.2. The molecule has 2 atom stereocenters. The van der Waals surface area contributed by atoms with Gasteiger partial charge in [0.1, 0.15) is 8.07 Å². The molecule has 0 unspecified atom stereocenters. The van der Waals surface area contributed by atoms with Crippen LogP contribution in [-0.2, 0) is 16.0 Å². The number of ether oxygens (including phenoxy) is 1. The van der Waals surface area contributed by atoms with E-state index < -0.39 is 8.07 Å². The number of aromatic amines is 1. The highest BCUT2D eigenvalue weighted by Gasteiger charge is 2.45. The number of unbranched alkanes of at least 4 members (excludes halogenated alkanes) is 1. The Morgan fingerprint density at radius 1 is 1.13 bits per heavy atom. The molecule has 5 nitrogen and oxygen atoms in total. The van der Waals surface area contributed by atoms with Crippen LogP contribution in [0.2, 0.25) is 19.6 Å². The molecule has 39 heavy (non-hydrogen) atoms. The predicted molar refractivity (Wildman–Crippen MR) is 162 cm³/mol. The third-order valence-electron chi connectivity index (χ3n) is 8.73. The number of hydrogen-bond donors (Lipinski definition) is 1. The lowest BCUT2D eigenvalue weighted by Gasteiger charge is -2.42. The van der Waals surface area contributed by atoms with Crippen molar-refractivity contribution in [3.63, 3.8) is 0 Å². The van der Waals surface area contributed by atoms with Crippen molar-refractivity contribution in [3.8, 4) is 11.5 Å². The topological polar surface area (TPSA) is 48.6 Å². The molecule has 0 radical (unpaired) electrons. The molecular weight excluding hydrogens is 498 g/mol. The van der Waals surface area contributed by atoms with Crippen LogP contribution in [0.1, 0.15) is 55.5 Å². The van der Waals surface area contributed by atoms with Crippen molar-refractivity contribution in [1.82, 2.24) is 9.88 Å². The molecule has 0 aliphatic carbocycles. The Kier molecular flexibility index (Phi) is 6.85. The average Bonchev–Trinajstić information content (AvgIpc) is 3.52. The average molecular weight is 540 g/mol. The fourth-order valence-electron chi connectivity index (χ4n) is 6.60. The van der Waals surface area contributed by atoms with Gasteiger partial charge in [0.25, 0.3) is 5.91 Å². The Hall–Kier alpha value is -3.01. The normalized spacial score (nSPS) is 21.9. The summed E-state index contributed by atoms with van der Waals surface area (Å²) in [5.74, 6) is 3.07. The number of rotatable bonds is 5. The first kappa shape index (κ1) is 26.2. The first-order valence-electron chi connectivity index (χ1n) is 14.6. The van der Waals surface area contributed by atoms with Crippen LogP contribution in [0.4, 0.5) is 5.69 Å². The highest BCUT2D eigenvalue weighted by molar-refractivity contribution is 6.84. The van der Waals surface area contributed by atoms with Crippen molar-refractivity contribution in [1.29, 1.82) is 0 Å². The lowest BCUT2D eigenvalue weighted by Crippen LogP contribution is -2.47. The Bertz CT molecular complexity index is 1420. The van der Waals surface area contributed by atoms with Crippen LogP contribution in [0.15, 0.2) is 48.5 Å². The third-order valence-corrected chi connectivity index (χ3v) is 9.61. The maximum atomic E-state index is 14.0. The van der Waals surface area contributed by atoms with Crippen LogP contribution < -0.4 is 4.90 Å². The smallest absolute Gasteiger partial charge is 0.298 e. The van der Waals surface area contributed by atoms with E-state index in [0.717, 1.165) is 68.8 Å². The van der Waals surface area contributed by atoms with E-state index in [2.05, 4.69) is 101 Å². The summed E-state index contributed by atoms with van der Waals surface area (Å²) in [5.41, 5.74) is 9.76. The highest BCUT2D eigenvalue weighted by atomic mass is 28.3. The summed E-state index contributed by atoms with van der Waals surface area (Å²) in [6, 6.07) is 17.5. The molecule has 6 rings (SSSR count). The summed E-state index contributed by atoms with van der Waals surface area (Å²) in [4.78, 5) is 22.3. The van der Waals surface area contributed by atoms with Crippen LogP contribution >= 0.6 is 0 Å². The molecule has 204 valence electrons. The summed E-state index contributed by atoms with van der Waals surface area (Å²) >= 11 is 0. The molecule has 2 saturated heterocycles. The summed E-state index contributed by atoms with van der Waals surface area (Å²) in [7, 11) is -1.69. The van der Waals surface area contributed by atoms with Gasteiger partial charge in [0, 0.05) is 46.8 Å². The maximum absolute atomic E-state index is 14.0. The van der Waals surface area contributed by atoms with E-state index in [-0.39, 0.29) is 18.0 Å². The summed E-state index contributed by atoms with van der Waals surface area (Å²) in [6.45, 7) is 12.7. The number of para-hydroxylation sites is 1. The minimum Gasteiger partial charge on any atom is -0.380 e. The molecule has 6 heteroatoms. The van der Waals surface area contributed by atoms with E-state index in [4.69, 9.17) is 4.74 Å². The van der Waals surface area contributed by atoms with Crippen molar-refractivity contribution in [2.24, 2.45) is 5.41 Å². The second-order valence-corrected chi connectivity index (χ2v) is 17.7. The fourth-order valence-corrected chi connectivity index (χ4v) is 7.09. The number of aromatic nitrogens is 1. The SMILES string of the molecule is CCCC[C@H]1Cc2c([nH]c3ccccc23)[C@H](c2ccc(N3CCC4(COC4)C3)cc2)N1C(=O)C#C[Si](C)(C)C. The van der Waals surface area contributed by atoms with Crippen LogP contribution in [0, 0.1) is 16.9 Å². The first-order chi connectivity index (χ1) is 18.8. The van der Waals surface area contributed by atoms with Gasteiger partial charge in [-0.2, -0.15) is 0 Å². The van der Waals surface area contributed by atoms with Crippen molar-refractivity contribution in [2.45, 2.75) is 70.8 Å². The van der Waals surface area contributed by atoms with Gasteiger partial charge in [-0.25, -0.2) is 0 Å². The van der Waals surface area contributed by atoms with Gasteiger partial charge in [-0.1, -0.05) is 69.7 Å².